The number of ether oxygens (including phenoxy) is 8. The first kappa shape index (κ1) is 54.7. The van der Waals surface area contributed by atoms with E-state index in [0.717, 1.165) is 13.8 Å². The van der Waals surface area contributed by atoms with Gasteiger partial charge in [-0.25, -0.2) is 0 Å². The maximum Gasteiger partial charge on any atom is 0.221 e. The molecule has 0 bridgehead atoms. The van der Waals surface area contributed by atoms with E-state index in [1.807, 2.05) is 5.32 Å². The Morgan fingerprint density at radius 2 is 1.03 bits per heavy atom. The van der Waals surface area contributed by atoms with E-state index in [-0.39, 0.29) is 0 Å². The second-order valence-electron chi connectivity index (χ2n) is 15.9. The van der Waals surface area contributed by atoms with E-state index < -0.39 is 204 Å². The SMILES string of the molecule is CC(=O)N/C(=C(\O)[C@H](O)CCO)[C@@H](O)OC1C(O)[C@H](O)C(CO)O[C@@H]1OC1C(O)[C@H](O[C@@H]2C(CO)O[C@@H](O[C@@H]3C(CO)O[C@@H](C)C(NC(C)=O)C3O)C(NC(C)=O)C2O)OC(CO)[C@H]1O. The molecule has 3 amide bonds. The summed E-state index contributed by atoms with van der Waals surface area (Å²) in [5.41, 5.74) is -0.889. The van der Waals surface area contributed by atoms with E-state index >= 15 is 0 Å². The number of carbonyl (C=O) groups is 3. The van der Waals surface area contributed by atoms with Crippen LogP contribution in [0.3, 0.4) is 0 Å². The molecule has 0 spiro atoms. The summed E-state index contributed by atoms with van der Waals surface area (Å²) in [6, 6.07) is -2.69. The Morgan fingerprint density at radius 3 is 1.57 bits per heavy atom. The molecule has 65 heavy (non-hydrogen) atoms. The Labute approximate surface area is 370 Å². The molecule has 17 N–H and O–H groups in total. The van der Waals surface area contributed by atoms with Gasteiger partial charge in [-0.1, -0.05) is 0 Å². The summed E-state index contributed by atoms with van der Waals surface area (Å²) in [5, 5.41) is 156. The molecule has 376 valence electrons. The van der Waals surface area contributed by atoms with Crippen LogP contribution in [0.15, 0.2) is 11.5 Å². The summed E-state index contributed by atoms with van der Waals surface area (Å²) in [4.78, 5) is 36.3. The van der Waals surface area contributed by atoms with Gasteiger partial charge in [-0.05, 0) is 6.92 Å². The second-order valence-corrected chi connectivity index (χ2v) is 15.9. The van der Waals surface area contributed by atoms with Crippen molar-refractivity contribution in [1.82, 2.24) is 16.0 Å². The van der Waals surface area contributed by atoms with Crippen LogP contribution in [0.2, 0.25) is 0 Å². The van der Waals surface area contributed by atoms with E-state index in [1.54, 1.807) is 0 Å². The van der Waals surface area contributed by atoms with Crippen molar-refractivity contribution in [3.8, 4) is 0 Å². The zero-order valence-corrected chi connectivity index (χ0v) is 35.7. The number of hydrogen-bond acceptors (Lipinski definition) is 25. The molecule has 0 saturated carbocycles. The van der Waals surface area contributed by atoms with Crippen molar-refractivity contribution in [2.75, 3.05) is 33.0 Å². The molecule has 0 aromatic heterocycles. The summed E-state index contributed by atoms with van der Waals surface area (Å²) < 4.78 is 46.1. The van der Waals surface area contributed by atoms with Crippen molar-refractivity contribution < 1.29 is 124 Å². The number of aliphatic hydroxyl groups excluding tert-OH is 14. The van der Waals surface area contributed by atoms with Crippen LogP contribution in [0, 0.1) is 0 Å². The number of rotatable bonds is 19. The van der Waals surface area contributed by atoms with Crippen molar-refractivity contribution in [1.29, 1.82) is 0 Å². The van der Waals surface area contributed by atoms with E-state index in [2.05, 4.69) is 10.6 Å². The van der Waals surface area contributed by atoms with Crippen molar-refractivity contribution in [3.63, 3.8) is 0 Å². The van der Waals surface area contributed by atoms with Crippen LogP contribution in [-0.2, 0) is 52.3 Å². The minimum absolute atomic E-state index is 0.481. The molecule has 4 rings (SSSR count). The van der Waals surface area contributed by atoms with Gasteiger partial charge in [0.05, 0.1) is 38.6 Å². The smallest absolute Gasteiger partial charge is 0.221 e. The number of amides is 3. The van der Waals surface area contributed by atoms with Gasteiger partial charge in [-0.2, -0.15) is 0 Å². The maximum atomic E-state index is 12.4. The van der Waals surface area contributed by atoms with Crippen molar-refractivity contribution in [3.05, 3.63) is 11.5 Å². The topological polar surface area (TPSA) is 444 Å². The largest absolute Gasteiger partial charge is 0.508 e. The monoisotopic (exact) mass is 949 g/mol. The predicted octanol–water partition coefficient (Wildman–Crippen LogP) is -9.40. The van der Waals surface area contributed by atoms with E-state index in [0.29, 0.717) is 0 Å². The summed E-state index contributed by atoms with van der Waals surface area (Å²) in [6.07, 6.45) is -37.1. The fraction of sp³-hybridized carbons (Fsp3) is 0.865. The quantitative estimate of drug-likeness (QED) is 0.0422. The van der Waals surface area contributed by atoms with E-state index in [4.69, 9.17) is 37.9 Å². The number of carbonyl (C=O) groups excluding carboxylic acids is 3. The third kappa shape index (κ3) is 13.0. The van der Waals surface area contributed by atoms with Crippen molar-refractivity contribution >= 4 is 17.7 Å². The molecule has 22 atom stereocenters. The van der Waals surface area contributed by atoms with E-state index in [1.165, 1.54) is 13.8 Å². The summed E-state index contributed by atoms with van der Waals surface area (Å²) in [6.45, 7) is 0.406. The maximum absolute atomic E-state index is 12.4. The highest BCUT2D eigenvalue weighted by Crippen LogP contribution is 2.35. The van der Waals surface area contributed by atoms with Crippen LogP contribution in [-0.4, -0.2) is 257 Å². The zero-order chi connectivity index (χ0) is 48.6. The third-order valence-electron chi connectivity index (χ3n) is 11.1. The molecule has 4 aliphatic rings. The zero-order valence-electron chi connectivity index (χ0n) is 35.7. The number of aliphatic hydroxyl groups is 14. The Bertz CT molecular complexity index is 1580. The first-order valence-electron chi connectivity index (χ1n) is 20.6. The molecule has 28 heteroatoms. The normalized spacial score (nSPS) is 41.4. The first-order chi connectivity index (χ1) is 30.6. The molecule has 0 aliphatic carbocycles. The van der Waals surface area contributed by atoms with Gasteiger partial charge < -0.3 is 125 Å². The first-order valence-corrected chi connectivity index (χ1v) is 20.6. The van der Waals surface area contributed by atoms with Gasteiger partial charge in [0.25, 0.3) is 0 Å². The lowest BCUT2D eigenvalue weighted by atomic mass is 9.92. The van der Waals surface area contributed by atoms with Gasteiger partial charge in [-0.3, -0.25) is 14.4 Å². The number of nitrogens with one attached hydrogen (secondary N) is 3. The minimum Gasteiger partial charge on any atom is -0.508 e. The second kappa shape index (κ2) is 24.4. The molecule has 12 unspecified atom stereocenters. The summed E-state index contributed by atoms with van der Waals surface area (Å²) >= 11 is 0. The highest BCUT2D eigenvalue weighted by Gasteiger charge is 2.56. The van der Waals surface area contributed by atoms with Crippen LogP contribution < -0.4 is 16.0 Å². The van der Waals surface area contributed by atoms with Gasteiger partial charge >= 0.3 is 0 Å². The van der Waals surface area contributed by atoms with Crippen LogP contribution in [0.5, 0.6) is 0 Å². The molecule has 28 nitrogen and oxygen atoms in total. The Kier molecular flexibility index (Phi) is 20.5. The average molecular weight is 950 g/mol. The summed E-state index contributed by atoms with van der Waals surface area (Å²) in [5.74, 6) is -3.29. The van der Waals surface area contributed by atoms with Crippen LogP contribution in [0.1, 0.15) is 34.1 Å². The molecular formula is C37H63N3O25. The highest BCUT2D eigenvalue weighted by molar-refractivity contribution is 5.75. The molecule has 4 fully saturated rings. The Hall–Kier alpha value is -2.89. The molecular weight excluding hydrogens is 886 g/mol. The lowest BCUT2D eigenvalue weighted by Gasteiger charge is -2.50. The minimum atomic E-state index is -2.48. The van der Waals surface area contributed by atoms with Gasteiger partial charge in [0.1, 0.15) is 109 Å². The fourth-order valence-corrected chi connectivity index (χ4v) is 7.83. The molecule has 4 saturated heterocycles. The fourth-order valence-electron chi connectivity index (χ4n) is 7.83. The third-order valence-corrected chi connectivity index (χ3v) is 11.1. The van der Waals surface area contributed by atoms with Gasteiger partial charge in [0, 0.05) is 33.8 Å². The van der Waals surface area contributed by atoms with Crippen LogP contribution >= 0.6 is 0 Å². The number of hydrogen-bond donors (Lipinski definition) is 17. The van der Waals surface area contributed by atoms with E-state index in [9.17, 15) is 85.9 Å². The average Bonchev–Trinajstić information content (AvgIpc) is 3.25. The van der Waals surface area contributed by atoms with Crippen LogP contribution in [0.4, 0.5) is 0 Å². The Balaban J connectivity index is 1.63. The van der Waals surface area contributed by atoms with Crippen molar-refractivity contribution in [2.45, 2.75) is 169 Å². The molecule has 0 aromatic carbocycles. The van der Waals surface area contributed by atoms with Gasteiger partial charge in [0.2, 0.25) is 24.0 Å². The lowest BCUT2D eigenvalue weighted by Crippen LogP contribution is -2.70. The summed E-state index contributed by atoms with van der Waals surface area (Å²) in [7, 11) is 0. The van der Waals surface area contributed by atoms with Gasteiger partial charge in [0.15, 0.2) is 18.9 Å². The molecule has 4 aliphatic heterocycles. The molecule has 0 radical (unpaired) electrons. The standard InChI is InChI=1S/C37H63N3O25/c1-11-20(38-12(2)46)26(53)30(18(9-44)58-11)63-35-22(40-14(4)48)27(54)31(19(10-45)61-35)64-36-29(56)32(25(52)17(8-43)59-36)65-37-33(28(55)24(51)16(7-42)60-37)62-34(57)21(39-13(3)47)23(50)15(49)5-6-41/h11,15-20,22,24-37,41-45,49-57H,5-10H2,1-4H3,(H,38,46)(H,39,47)(H,40,48)/b23-21-/t11-,15+,16?,17?,18?,19?,20?,22?,24+,25+,26?,27?,28?,29?,30+,31+,32?,33?,34-,35-,36-,37+/m0/s1. The van der Waals surface area contributed by atoms with Crippen molar-refractivity contribution in [2.24, 2.45) is 0 Å². The molecule has 0 aromatic rings. The lowest BCUT2D eigenvalue weighted by molar-refractivity contribution is -0.384. The Morgan fingerprint density at radius 1 is 0.554 bits per heavy atom. The predicted molar refractivity (Wildman–Crippen MR) is 207 cm³/mol. The van der Waals surface area contributed by atoms with Crippen LogP contribution in [0.25, 0.3) is 0 Å². The highest BCUT2D eigenvalue weighted by atomic mass is 16.8. The molecule has 4 heterocycles. The van der Waals surface area contributed by atoms with Gasteiger partial charge in [-0.15, -0.1) is 0 Å².